The molecule has 1 aromatic carbocycles. The number of para-hydroxylation sites is 1. The highest BCUT2D eigenvalue weighted by molar-refractivity contribution is 5.85. The van der Waals surface area contributed by atoms with Gasteiger partial charge in [0.2, 0.25) is 0 Å². The third-order valence-electron chi connectivity index (χ3n) is 7.70. The quantitative estimate of drug-likeness (QED) is 0.256. The van der Waals surface area contributed by atoms with E-state index in [0.717, 1.165) is 54.1 Å². The number of rotatable bonds is 10. The first-order chi connectivity index (χ1) is 19.8. The summed E-state index contributed by atoms with van der Waals surface area (Å²) >= 11 is 0. The van der Waals surface area contributed by atoms with E-state index in [4.69, 9.17) is 19.2 Å². The van der Waals surface area contributed by atoms with Crippen LogP contribution in [0.25, 0.3) is 11.3 Å². The molecule has 0 amide bonds. The second kappa shape index (κ2) is 12.7. The predicted octanol–water partition coefficient (Wildman–Crippen LogP) is 7.09. The maximum absolute atomic E-state index is 12.6. The summed E-state index contributed by atoms with van der Waals surface area (Å²) in [7, 11) is 0. The van der Waals surface area contributed by atoms with Crippen molar-refractivity contribution in [3.8, 4) is 22.8 Å². The number of anilines is 1. The lowest BCUT2D eigenvalue weighted by Gasteiger charge is -2.40. The molecular formula is C34H45N3O5. The maximum Gasteiger partial charge on any atom is 0.337 e. The number of hydrogen-bond donors (Lipinski definition) is 1. The molecule has 3 heterocycles. The van der Waals surface area contributed by atoms with Gasteiger partial charge in [-0.15, -0.1) is 0 Å². The van der Waals surface area contributed by atoms with Crippen LogP contribution in [-0.4, -0.2) is 52.9 Å². The number of benzene rings is 1. The van der Waals surface area contributed by atoms with Crippen molar-refractivity contribution < 1.29 is 24.1 Å². The fourth-order valence-corrected chi connectivity index (χ4v) is 5.33. The largest absolute Gasteiger partial charge is 0.489 e. The highest BCUT2D eigenvalue weighted by atomic mass is 16.5. The molecule has 0 bridgehead atoms. The number of pyridine rings is 2. The minimum atomic E-state index is -1.16. The van der Waals surface area contributed by atoms with Crippen LogP contribution in [0.15, 0.2) is 42.7 Å². The van der Waals surface area contributed by atoms with E-state index in [-0.39, 0.29) is 5.41 Å². The summed E-state index contributed by atoms with van der Waals surface area (Å²) in [6.07, 6.45) is 4.31. The zero-order valence-corrected chi connectivity index (χ0v) is 26.3. The number of carboxylic acid groups (broad SMARTS) is 1. The summed E-state index contributed by atoms with van der Waals surface area (Å²) in [6, 6.07) is 9.86. The van der Waals surface area contributed by atoms with Gasteiger partial charge < -0.3 is 24.2 Å². The molecule has 226 valence electrons. The molecule has 0 unspecified atom stereocenters. The zero-order chi connectivity index (χ0) is 30.7. The molecule has 1 saturated heterocycles. The standard InChI is InChI=1S/C34H45N3O5/c1-22-10-9-11-23(2)30(22)41-19-18-40-25-12-13-27(36-20-25)26-21-35-24(3)28(31(32(38)39)42-33(4,5)6)29(26)37-16-14-34(7,8)15-17-37/h9-13,20-21,31H,14-19H2,1-8H3,(H,38,39)/t31-/m0/s1. The van der Waals surface area contributed by atoms with Crippen molar-refractivity contribution in [1.29, 1.82) is 0 Å². The van der Waals surface area contributed by atoms with Crippen molar-refractivity contribution in [3.05, 3.63) is 65.1 Å². The van der Waals surface area contributed by atoms with Gasteiger partial charge in [-0.2, -0.15) is 0 Å². The number of nitrogens with zero attached hydrogens (tertiary/aromatic N) is 3. The maximum atomic E-state index is 12.6. The highest BCUT2D eigenvalue weighted by Gasteiger charge is 2.36. The number of carbonyl (C=O) groups is 1. The summed E-state index contributed by atoms with van der Waals surface area (Å²) < 4.78 is 18.0. The van der Waals surface area contributed by atoms with E-state index in [0.29, 0.717) is 35.9 Å². The Labute approximate surface area is 250 Å². The molecular weight excluding hydrogens is 530 g/mol. The molecule has 1 aliphatic rings. The van der Waals surface area contributed by atoms with Gasteiger partial charge in [-0.25, -0.2) is 4.79 Å². The van der Waals surface area contributed by atoms with Crippen LogP contribution in [0, 0.1) is 26.2 Å². The normalized spacial score (nSPS) is 15.8. The second-order valence-electron chi connectivity index (χ2n) is 12.9. The Morgan fingerprint density at radius 2 is 1.62 bits per heavy atom. The van der Waals surface area contributed by atoms with Crippen molar-refractivity contribution in [2.75, 3.05) is 31.2 Å². The van der Waals surface area contributed by atoms with Gasteiger partial charge in [0.05, 0.1) is 23.2 Å². The minimum Gasteiger partial charge on any atom is -0.489 e. The van der Waals surface area contributed by atoms with Crippen LogP contribution in [0.1, 0.15) is 75.9 Å². The van der Waals surface area contributed by atoms with Crippen LogP contribution in [0.3, 0.4) is 0 Å². The fourth-order valence-electron chi connectivity index (χ4n) is 5.33. The fraction of sp³-hybridized carbons (Fsp3) is 0.500. The van der Waals surface area contributed by atoms with Gasteiger partial charge in [-0.3, -0.25) is 9.97 Å². The number of hydrogen-bond acceptors (Lipinski definition) is 7. The summed E-state index contributed by atoms with van der Waals surface area (Å²) in [5.41, 5.74) is 5.29. The monoisotopic (exact) mass is 575 g/mol. The minimum absolute atomic E-state index is 0.228. The molecule has 1 fully saturated rings. The summed E-state index contributed by atoms with van der Waals surface area (Å²) in [5, 5.41) is 10.3. The van der Waals surface area contributed by atoms with E-state index < -0.39 is 17.7 Å². The van der Waals surface area contributed by atoms with Crippen LogP contribution >= 0.6 is 0 Å². The Morgan fingerprint density at radius 3 is 2.19 bits per heavy atom. The molecule has 0 radical (unpaired) electrons. The van der Waals surface area contributed by atoms with Gasteiger partial charge in [-0.1, -0.05) is 32.0 Å². The van der Waals surface area contributed by atoms with Crippen molar-refractivity contribution in [1.82, 2.24) is 9.97 Å². The molecule has 2 aromatic heterocycles. The molecule has 0 spiro atoms. The number of carboxylic acids is 1. The van der Waals surface area contributed by atoms with Gasteiger partial charge in [0.15, 0.2) is 6.10 Å². The van der Waals surface area contributed by atoms with Crippen LogP contribution in [-0.2, 0) is 9.53 Å². The van der Waals surface area contributed by atoms with Crippen LogP contribution in [0.2, 0.25) is 0 Å². The Balaban J connectivity index is 1.62. The number of aryl methyl sites for hydroxylation is 3. The number of aromatic nitrogens is 2. The van der Waals surface area contributed by atoms with Gasteiger partial charge in [0.1, 0.15) is 24.7 Å². The molecule has 0 aliphatic carbocycles. The first-order valence-electron chi connectivity index (χ1n) is 14.7. The third-order valence-corrected chi connectivity index (χ3v) is 7.70. The molecule has 1 aliphatic heterocycles. The van der Waals surface area contributed by atoms with E-state index in [1.54, 1.807) is 12.4 Å². The highest BCUT2D eigenvalue weighted by Crippen LogP contribution is 2.43. The van der Waals surface area contributed by atoms with Gasteiger partial charge >= 0.3 is 5.97 Å². The average molecular weight is 576 g/mol. The lowest BCUT2D eigenvalue weighted by atomic mass is 9.82. The van der Waals surface area contributed by atoms with E-state index in [1.165, 1.54) is 0 Å². The predicted molar refractivity (Wildman–Crippen MR) is 166 cm³/mol. The number of aliphatic carboxylic acids is 1. The molecule has 1 N–H and O–H groups in total. The van der Waals surface area contributed by atoms with Crippen LogP contribution in [0.4, 0.5) is 5.69 Å². The molecule has 4 rings (SSSR count). The van der Waals surface area contributed by atoms with Crippen LogP contribution in [0.5, 0.6) is 11.5 Å². The number of piperidine rings is 1. The Bertz CT molecular complexity index is 1370. The lowest BCUT2D eigenvalue weighted by Crippen LogP contribution is -2.39. The van der Waals surface area contributed by atoms with Crippen molar-refractivity contribution in [2.24, 2.45) is 5.41 Å². The Morgan fingerprint density at radius 1 is 0.976 bits per heavy atom. The van der Waals surface area contributed by atoms with E-state index >= 15 is 0 Å². The number of ether oxygens (including phenoxy) is 3. The molecule has 3 aromatic rings. The molecule has 0 saturated carbocycles. The van der Waals surface area contributed by atoms with E-state index in [2.05, 4.69) is 23.7 Å². The molecule has 8 heteroatoms. The van der Waals surface area contributed by atoms with Crippen molar-refractivity contribution in [2.45, 2.75) is 79.9 Å². The summed E-state index contributed by atoms with van der Waals surface area (Å²) in [5.74, 6) is 0.483. The van der Waals surface area contributed by atoms with Gasteiger partial charge in [-0.05, 0) is 83.1 Å². The summed E-state index contributed by atoms with van der Waals surface area (Å²) in [4.78, 5) is 24.2. The van der Waals surface area contributed by atoms with E-state index in [1.807, 2.05) is 71.9 Å². The molecule has 1 atom stereocenters. The zero-order valence-electron chi connectivity index (χ0n) is 26.3. The molecule has 8 nitrogen and oxygen atoms in total. The Hall–Kier alpha value is -3.65. The lowest BCUT2D eigenvalue weighted by molar-refractivity contribution is -0.160. The van der Waals surface area contributed by atoms with E-state index in [9.17, 15) is 9.90 Å². The Kier molecular flexibility index (Phi) is 9.46. The third kappa shape index (κ3) is 7.59. The van der Waals surface area contributed by atoms with Crippen molar-refractivity contribution in [3.63, 3.8) is 0 Å². The first-order valence-corrected chi connectivity index (χ1v) is 14.7. The first kappa shape index (κ1) is 31.3. The SMILES string of the molecule is Cc1cccc(C)c1OCCOc1ccc(-c2cnc(C)c([C@H](OC(C)(C)C)C(=O)O)c2N2CCC(C)(C)CC2)nc1. The topological polar surface area (TPSA) is 94.0 Å². The van der Waals surface area contributed by atoms with Crippen molar-refractivity contribution >= 4 is 11.7 Å². The van der Waals surface area contributed by atoms with Crippen LogP contribution < -0.4 is 14.4 Å². The smallest absolute Gasteiger partial charge is 0.337 e. The second-order valence-corrected chi connectivity index (χ2v) is 12.9. The van der Waals surface area contributed by atoms with Gasteiger partial charge in [0, 0.05) is 36.1 Å². The van der Waals surface area contributed by atoms with Gasteiger partial charge in [0.25, 0.3) is 0 Å². The molecule has 42 heavy (non-hydrogen) atoms. The summed E-state index contributed by atoms with van der Waals surface area (Å²) in [6.45, 7) is 18.5. The average Bonchev–Trinajstić information content (AvgIpc) is 2.91.